The first-order valence-electron chi connectivity index (χ1n) is 23.1. The lowest BCUT2D eigenvalue weighted by Crippen LogP contribution is -2.68. The number of methoxy groups -OCH3 is 1. The number of hydrogen-bond donors (Lipinski definition) is 4. The van der Waals surface area contributed by atoms with E-state index in [1.807, 2.05) is 11.9 Å². The third kappa shape index (κ3) is 10.7. The molecule has 4 unspecified atom stereocenters. The maximum atomic E-state index is 16.4. The quantitative estimate of drug-likeness (QED) is 0.0993. The van der Waals surface area contributed by atoms with Crippen LogP contribution in [0.1, 0.15) is 100 Å². The number of likely N-dealkylation sites (tertiary alicyclic amines) is 1. The highest BCUT2D eigenvalue weighted by Gasteiger charge is 2.56. The number of anilines is 1. The molecule has 378 valence electrons. The third-order valence-corrected chi connectivity index (χ3v) is 15.2. The van der Waals surface area contributed by atoms with Gasteiger partial charge in [-0.3, -0.25) is 24.1 Å². The molecule has 1 aliphatic carbocycles. The van der Waals surface area contributed by atoms with Crippen LogP contribution in [-0.2, 0) is 33.3 Å². The van der Waals surface area contributed by atoms with Crippen molar-refractivity contribution in [3.05, 3.63) is 32.9 Å². The zero-order valence-electron chi connectivity index (χ0n) is 40.0. The van der Waals surface area contributed by atoms with Gasteiger partial charge < -0.3 is 58.7 Å². The number of piperazine rings is 1. The summed E-state index contributed by atoms with van der Waals surface area (Å²) in [7, 11) is 3.24. The molecule has 0 bridgehead atoms. The van der Waals surface area contributed by atoms with E-state index in [1.54, 1.807) is 43.4 Å². The number of thioether (sulfide) groups is 1. The van der Waals surface area contributed by atoms with Crippen LogP contribution in [0.15, 0.2) is 4.79 Å². The number of aromatic carboxylic acids is 1. The number of aromatic nitrogens is 1. The van der Waals surface area contributed by atoms with E-state index in [1.165, 1.54) is 18.9 Å². The number of amides is 2. The zero-order valence-corrected chi connectivity index (χ0v) is 41.6. The lowest BCUT2D eigenvalue weighted by Gasteiger charge is -2.50. The SMILES string of the molecule is CCCC1CC(C(=O)N[C@H](C(C)Cl)[C@H]2O[C@](C)(SC)[C@H](OC(=O)CCC(=O)OCOC(=O)N3CCN(c4c(F)c(C)c5c(=O)c(C(=O)O)c(C)n(C6CC6)c5c4OC)CC3C)[C@@H](O)[C@H]2O)N(C)C1. The van der Waals surface area contributed by atoms with Crippen LogP contribution in [0.5, 0.6) is 5.75 Å². The molecule has 4 fully saturated rings. The molecular weight excluding hydrogens is 933 g/mol. The van der Waals surface area contributed by atoms with Crippen molar-refractivity contribution in [2.75, 3.05) is 58.3 Å². The van der Waals surface area contributed by atoms with Crippen LogP contribution in [0, 0.1) is 25.6 Å². The van der Waals surface area contributed by atoms with Crippen LogP contribution in [-0.4, -0.2) is 166 Å². The number of nitrogens with one attached hydrogen (secondary N) is 1. The van der Waals surface area contributed by atoms with Crippen LogP contribution in [0.4, 0.5) is 14.9 Å². The van der Waals surface area contributed by atoms with Gasteiger partial charge in [0.05, 0.1) is 48.3 Å². The minimum atomic E-state index is -1.66. The topological polar surface area (TPSA) is 236 Å². The highest BCUT2D eigenvalue weighted by molar-refractivity contribution is 7.99. The molecule has 22 heteroatoms. The number of nitrogens with zero attached hydrogens (tertiary/aromatic N) is 4. The van der Waals surface area contributed by atoms with Gasteiger partial charge >= 0.3 is 24.0 Å². The zero-order chi connectivity index (χ0) is 50.1. The Morgan fingerprint density at radius 1 is 1.06 bits per heavy atom. The van der Waals surface area contributed by atoms with Crippen molar-refractivity contribution < 1.29 is 67.4 Å². The average molecular weight is 999 g/mol. The van der Waals surface area contributed by atoms with E-state index in [-0.39, 0.29) is 59.7 Å². The summed E-state index contributed by atoms with van der Waals surface area (Å²) in [6, 6.07) is -1.96. The lowest BCUT2D eigenvalue weighted by atomic mass is 9.89. The summed E-state index contributed by atoms with van der Waals surface area (Å²) in [4.78, 5) is 81.8. The number of halogens is 2. The van der Waals surface area contributed by atoms with Gasteiger partial charge in [-0.2, -0.15) is 0 Å². The monoisotopic (exact) mass is 997 g/mol. The molecule has 1 aromatic carbocycles. The number of hydrogen-bond acceptors (Lipinski definition) is 16. The maximum absolute atomic E-state index is 16.4. The summed E-state index contributed by atoms with van der Waals surface area (Å²) in [6.45, 7) is 10.3. The summed E-state index contributed by atoms with van der Waals surface area (Å²) in [5.41, 5.74) is -0.589. The number of carboxylic acid groups (broad SMARTS) is 1. The van der Waals surface area contributed by atoms with Gasteiger partial charge in [-0.25, -0.2) is 14.0 Å². The number of carbonyl (C=O) groups is 5. The fourth-order valence-electron chi connectivity index (χ4n) is 10.00. The lowest BCUT2D eigenvalue weighted by molar-refractivity contribution is -0.245. The second-order valence-electron chi connectivity index (χ2n) is 18.5. The minimum absolute atomic E-state index is 0.0183. The molecule has 0 radical (unpaired) electrons. The van der Waals surface area contributed by atoms with Gasteiger partial charge in [-0.05, 0) is 79.5 Å². The van der Waals surface area contributed by atoms with Crippen molar-refractivity contribution in [1.29, 1.82) is 0 Å². The first kappa shape index (κ1) is 53.0. The van der Waals surface area contributed by atoms with E-state index in [0.29, 0.717) is 17.9 Å². The second kappa shape index (κ2) is 21.7. The van der Waals surface area contributed by atoms with Gasteiger partial charge in [0.2, 0.25) is 18.1 Å². The highest BCUT2D eigenvalue weighted by atomic mass is 35.5. The standard InChI is InChI=1S/C46H65ClFN5O14S/c1-10-11-26-18-28(50(7)20-26)43(59)49-34(24(4)47)40-38(57)39(58)42(46(6,67-40)68-9)66-30(55)15-14-29(54)64-21-65-45(62)52-17-16-51(19-22(52)2)36-33(48)23(3)31-35(41(36)63-8)53(27-12-13-27)25(5)32(37(31)56)44(60)61/h22,24,26-28,34,38-40,42,57-58H,10-21H2,1-9H3,(H,49,59)(H,60,61)/t22?,24?,26?,28?,34-,38-,39+,40-,42-,46-/m1/s1. The Balaban J connectivity index is 1.01. The summed E-state index contributed by atoms with van der Waals surface area (Å²) in [5, 5.41) is 34.7. The Morgan fingerprint density at radius 3 is 2.32 bits per heavy atom. The molecule has 2 aromatic rings. The Kier molecular flexibility index (Phi) is 16.9. The van der Waals surface area contributed by atoms with E-state index < -0.39 is 113 Å². The van der Waals surface area contributed by atoms with Gasteiger partial charge in [-0.1, -0.05) is 13.3 Å². The van der Waals surface area contributed by atoms with E-state index in [4.69, 9.17) is 35.3 Å². The number of fused-ring (bicyclic) bond motifs is 1. The molecule has 1 aromatic heterocycles. The number of pyridine rings is 1. The fraction of sp³-hybridized carbons (Fsp3) is 0.696. The number of aryl methyl sites for hydroxylation is 1. The summed E-state index contributed by atoms with van der Waals surface area (Å²) in [5.74, 6) is -3.76. The minimum Gasteiger partial charge on any atom is -0.492 e. The molecule has 3 saturated heterocycles. The molecule has 3 aliphatic heterocycles. The van der Waals surface area contributed by atoms with Gasteiger partial charge in [0.1, 0.15) is 29.6 Å². The largest absolute Gasteiger partial charge is 0.492 e. The number of ether oxygens (including phenoxy) is 5. The van der Waals surface area contributed by atoms with Crippen LogP contribution in [0.3, 0.4) is 0 Å². The number of esters is 2. The van der Waals surface area contributed by atoms with Crippen molar-refractivity contribution in [1.82, 2.24) is 19.7 Å². The Bertz CT molecular complexity index is 2320. The van der Waals surface area contributed by atoms with Gasteiger partial charge in [0.15, 0.2) is 22.6 Å². The van der Waals surface area contributed by atoms with Crippen LogP contribution >= 0.6 is 23.4 Å². The van der Waals surface area contributed by atoms with E-state index in [0.717, 1.165) is 44.0 Å². The number of carbonyl (C=O) groups excluding carboxylic acids is 4. The summed E-state index contributed by atoms with van der Waals surface area (Å²) < 4.78 is 46.2. The first-order chi connectivity index (χ1) is 32.1. The van der Waals surface area contributed by atoms with Crippen LogP contribution in [0.2, 0.25) is 0 Å². The second-order valence-corrected chi connectivity index (χ2v) is 20.4. The third-order valence-electron chi connectivity index (χ3n) is 13.8. The Labute approximate surface area is 403 Å². The number of aliphatic hydroxyl groups excluding tert-OH is 2. The molecule has 4 heterocycles. The van der Waals surface area contributed by atoms with Crippen molar-refractivity contribution in [3.63, 3.8) is 0 Å². The summed E-state index contributed by atoms with van der Waals surface area (Å²) >= 11 is 7.68. The molecule has 68 heavy (non-hydrogen) atoms. The molecule has 2 amide bonds. The molecular formula is C46H65ClFN5O14S. The number of aliphatic hydroxyl groups is 2. The average Bonchev–Trinajstić information content (AvgIpc) is 4.05. The van der Waals surface area contributed by atoms with Crippen molar-refractivity contribution in [3.8, 4) is 5.75 Å². The van der Waals surface area contributed by atoms with Crippen molar-refractivity contribution in [2.45, 2.75) is 145 Å². The number of carboxylic acids is 1. The fourth-order valence-corrected chi connectivity index (χ4v) is 10.8. The molecule has 10 atom stereocenters. The van der Waals surface area contributed by atoms with Crippen molar-refractivity contribution in [2.24, 2.45) is 5.92 Å². The number of rotatable bonds is 17. The van der Waals surface area contributed by atoms with E-state index in [2.05, 4.69) is 12.2 Å². The number of likely N-dealkylation sites (N-methyl/N-ethyl adjacent to an activating group) is 1. The van der Waals surface area contributed by atoms with Crippen molar-refractivity contribution >= 4 is 69.9 Å². The van der Waals surface area contributed by atoms with E-state index in [9.17, 15) is 44.1 Å². The van der Waals surface area contributed by atoms with Crippen LogP contribution in [0.25, 0.3) is 10.9 Å². The predicted molar refractivity (Wildman–Crippen MR) is 250 cm³/mol. The van der Waals surface area contributed by atoms with Gasteiger partial charge in [-0.15, -0.1) is 23.4 Å². The smallest absolute Gasteiger partial charge is 0.413 e. The molecule has 1 saturated carbocycles. The number of benzene rings is 1. The molecule has 19 nitrogen and oxygen atoms in total. The molecule has 4 N–H and O–H groups in total. The summed E-state index contributed by atoms with van der Waals surface area (Å²) in [6.07, 6.45) is -1.80. The number of alkyl halides is 1. The Hall–Kier alpha value is -4.41. The maximum Gasteiger partial charge on any atom is 0.413 e. The molecule has 0 spiro atoms. The highest BCUT2D eigenvalue weighted by Crippen LogP contribution is 2.47. The van der Waals surface area contributed by atoms with Gasteiger partial charge in [0.25, 0.3) is 0 Å². The molecule has 6 rings (SSSR count). The van der Waals surface area contributed by atoms with Crippen LogP contribution < -0.4 is 20.4 Å². The molecule has 4 aliphatic rings. The normalized spacial score (nSPS) is 27.4. The predicted octanol–water partition coefficient (Wildman–Crippen LogP) is 4.07. The Morgan fingerprint density at radius 2 is 1.74 bits per heavy atom. The van der Waals surface area contributed by atoms with Gasteiger partial charge in [0, 0.05) is 49.5 Å². The first-order valence-corrected chi connectivity index (χ1v) is 24.7. The van der Waals surface area contributed by atoms with E-state index >= 15 is 4.39 Å².